The number of carbonyl (C=O) groups is 1. The molecular formula is C9H8ClFO2. The van der Waals surface area contributed by atoms with Crippen molar-refractivity contribution in [1.29, 1.82) is 0 Å². The lowest BCUT2D eigenvalue weighted by Crippen LogP contribution is -2.12. The smallest absolute Gasteiger partial charge is 0.148 e. The molecule has 0 aliphatic carbocycles. The largest absolute Gasteiger partial charge is 0.385 e. The van der Waals surface area contributed by atoms with Gasteiger partial charge in [0.05, 0.1) is 5.02 Å². The van der Waals surface area contributed by atoms with Crippen LogP contribution in [0, 0.1) is 5.82 Å². The first-order valence-corrected chi connectivity index (χ1v) is 4.09. The highest BCUT2D eigenvalue weighted by molar-refractivity contribution is 6.30. The van der Waals surface area contributed by atoms with Gasteiger partial charge in [0.2, 0.25) is 0 Å². The maximum absolute atomic E-state index is 13.1. The molecule has 70 valence electrons. The molecule has 2 nitrogen and oxygen atoms in total. The van der Waals surface area contributed by atoms with Crippen molar-refractivity contribution in [3.05, 3.63) is 34.6 Å². The Morgan fingerprint density at radius 2 is 2.31 bits per heavy atom. The molecule has 0 amide bonds. The van der Waals surface area contributed by atoms with Crippen LogP contribution in [0.3, 0.4) is 0 Å². The number of halogens is 2. The van der Waals surface area contributed by atoms with Crippen LogP contribution < -0.4 is 0 Å². The second kappa shape index (κ2) is 4.35. The van der Waals surface area contributed by atoms with Gasteiger partial charge in [0.25, 0.3) is 0 Å². The Morgan fingerprint density at radius 1 is 1.62 bits per heavy atom. The van der Waals surface area contributed by atoms with Crippen LogP contribution in [0.2, 0.25) is 5.02 Å². The Labute approximate surface area is 80.0 Å². The van der Waals surface area contributed by atoms with Gasteiger partial charge < -0.3 is 9.90 Å². The number of aldehydes is 1. The first-order chi connectivity index (χ1) is 6.15. The van der Waals surface area contributed by atoms with Crippen LogP contribution in [-0.4, -0.2) is 17.5 Å². The van der Waals surface area contributed by atoms with Gasteiger partial charge in [0, 0.05) is 6.42 Å². The molecule has 1 aromatic rings. The summed E-state index contributed by atoms with van der Waals surface area (Å²) >= 11 is 5.50. The highest BCUT2D eigenvalue weighted by Gasteiger charge is 2.10. The maximum atomic E-state index is 13.1. The van der Waals surface area contributed by atoms with Gasteiger partial charge in [0.15, 0.2) is 0 Å². The summed E-state index contributed by atoms with van der Waals surface area (Å²) < 4.78 is 13.1. The van der Waals surface area contributed by atoms with E-state index in [9.17, 15) is 9.18 Å². The van der Waals surface area contributed by atoms with E-state index in [2.05, 4.69) is 0 Å². The second-order valence-electron chi connectivity index (χ2n) is 2.62. The van der Waals surface area contributed by atoms with Gasteiger partial charge in [-0.05, 0) is 11.6 Å². The zero-order valence-electron chi connectivity index (χ0n) is 6.71. The Balaban J connectivity index is 2.88. The fraction of sp³-hybridized carbons (Fsp3) is 0.222. The molecule has 0 heterocycles. The first-order valence-electron chi connectivity index (χ1n) is 3.71. The van der Waals surface area contributed by atoms with Crippen molar-refractivity contribution in [3.63, 3.8) is 0 Å². The van der Waals surface area contributed by atoms with Gasteiger partial charge in [-0.15, -0.1) is 0 Å². The second-order valence-corrected chi connectivity index (χ2v) is 3.03. The van der Waals surface area contributed by atoms with E-state index in [0.717, 1.165) is 0 Å². The maximum Gasteiger partial charge on any atom is 0.148 e. The summed E-state index contributed by atoms with van der Waals surface area (Å²) in [5.74, 6) is -0.579. The molecule has 1 aromatic carbocycles. The number of hydrogen-bond donors (Lipinski definition) is 1. The number of rotatable bonds is 3. The Hall–Kier alpha value is -0.930. The van der Waals surface area contributed by atoms with Crippen LogP contribution in [0.25, 0.3) is 0 Å². The molecule has 0 bridgehead atoms. The third-order valence-corrected chi connectivity index (χ3v) is 1.91. The fourth-order valence-corrected chi connectivity index (χ4v) is 1.17. The lowest BCUT2D eigenvalue weighted by molar-refractivity contribution is -0.114. The van der Waals surface area contributed by atoms with Gasteiger partial charge in [-0.1, -0.05) is 23.7 Å². The molecular weight excluding hydrogens is 195 g/mol. The van der Waals surface area contributed by atoms with Crippen LogP contribution >= 0.6 is 11.6 Å². The van der Waals surface area contributed by atoms with Crippen LogP contribution in [0.1, 0.15) is 5.56 Å². The van der Waals surface area contributed by atoms with Crippen molar-refractivity contribution in [2.75, 3.05) is 0 Å². The predicted octanol–water partition coefficient (Wildman–Crippen LogP) is 1.58. The summed E-state index contributed by atoms with van der Waals surface area (Å²) in [5.41, 5.74) is 0.243. The zero-order valence-corrected chi connectivity index (χ0v) is 7.46. The number of aliphatic hydroxyl groups excluding tert-OH is 1. The molecule has 13 heavy (non-hydrogen) atoms. The quantitative estimate of drug-likeness (QED) is 0.756. The highest BCUT2D eigenvalue weighted by atomic mass is 35.5. The SMILES string of the molecule is O=CC(O)Cc1cccc(Cl)c1F. The fourth-order valence-electron chi connectivity index (χ4n) is 0.980. The predicted molar refractivity (Wildman–Crippen MR) is 47.2 cm³/mol. The molecule has 1 atom stereocenters. The molecule has 1 unspecified atom stereocenters. The van der Waals surface area contributed by atoms with Gasteiger partial charge >= 0.3 is 0 Å². The molecule has 4 heteroatoms. The van der Waals surface area contributed by atoms with E-state index in [1.165, 1.54) is 12.1 Å². The first kappa shape index (κ1) is 10.2. The summed E-state index contributed by atoms with van der Waals surface area (Å²) in [6.07, 6.45) is -0.857. The van der Waals surface area contributed by atoms with Crippen molar-refractivity contribution in [1.82, 2.24) is 0 Å². The van der Waals surface area contributed by atoms with E-state index in [-0.39, 0.29) is 17.0 Å². The lowest BCUT2D eigenvalue weighted by atomic mass is 10.1. The zero-order chi connectivity index (χ0) is 9.84. The number of carbonyl (C=O) groups excluding carboxylic acids is 1. The minimum Gasteiger partial charge on any atom is -0.385 e. The average Bonchev–Trinajstić information content (AvgIpc) is 2.13. The average molecular weight is 203 g/mol. The van der Waals surface area contributed by atoms with E-state index in [4.69, 9.17) is 16.7 Å². The summed E-state index contributed by atoms with van der Waals surface area (Å²) in [7, 11) is 0. The molecule has 0 spiro atoms. The minimum absolute atomic E-state index is 0.00408. The Morgan fingerprint density at radius 3 is 2.92 bits per heavy atom. The number of hydrogen-bond acceptors (Lipinski definition) is 2. The Kier molecular flexibility index (Phi) is 3.39. The van der Waals surface area contributed by atoms with Gasteiger partial charge in [-0.2, -0.15) is 0 Å². The summed E-state index contributed by atoms with van der Waals surface area (Å²) in [6.45, 7) is 0. The van der Waals surface area contributed by atoms with Crippen LogP contribution in [0.4, 0.5) is 4.39 Å². The molecule has 0 saturated carbocycles. The molecule has 0 radical (unpaired) electrons. The molecule has 0 aromatic heterocycles. The third-order valence-electron chi connectivity index (χ3n) is 1.62. The summed E-state index contributed by atoms with van der Waals surface area (Å²) in [4.78, 5) is 10.1. The summed E-state index contributed by atoms with van der Waals surface area (Å²) in [6, 6.07) is 4.46. The molecule has 0 aliphatic heterocycles. The van der Waals surface area contributed by atoms with Gasteiger partial charge in [-0.25, -0.2) is 4.39 Å². The molecule has 1 rings (SSSR count). The van der Waals surface area contributed by atoms with Crippen LogP contribution in [0.15, 0.2) is 18.2 Å². The van der Waals surface area contributed by atoms with E-state index in [1.807, 2.05) is 0 Å². The minimum atomic E-state index is -1.17. The van der Waals surface area contributed by atoms with Gasteiger partial charge in [0.1, 0.15) is 18.2 Å². The molecule has 0 aliphatic rings. The van der Waals surface area contributed by atoms with E-state index in [1.54, 1.807) is 6.07 Å². The van der Waals surface area contributed by atoms with Crippen molar-refractivity contribution in [2.24, 2.45) is 0 Å². The standard InChI is InChI=1S/C9H8ClFO2/c10-8-3-1-2-6(9(8)11)4-7(13)5-12/h1-3,5,7,13H,4H2. The van der Waals surface area contributed by atoms with E-state index >= 15 is 0 Å². The number of benzene rings is 1. The highest BCUT2D eigenvalue weighted by Crippen LogP contribution is 2.18. The van der Waals surface area contributed by atoms with Crippen LogP contribution in [0.5, 0.6) is 0 Å². The molecule has 0 fully saturated rings. The normalized spacial score (nSPS) is 12.5. The van der Waals surface area contributed by atoms with E-state index < -0.39 is 11.9 Å². The van der Waals surface area contributed by atoms with Gasteiger partial charge in [-0.3, -0.25) is 0 Å². The lowest BCUT2D eigenvalue weighted by Gasteiger charge is -2.05. The number of aliphatic hydroxyl groups is 1. The van der Waals surface area contributed by atoms with Crippen LogP contribution in [-0.2, 0) is 11.2 Å². The van der Waals surface area contributed by atoms with Crippen molar-refractivity contribution >= 4 is 17.9 Å². The molecule has 1 N–H and O–H groups in total. The topological polar surface area (TPSA) is 37.3 Å². The van der Waals surface area contributed by atoms with Crippen molar-refractivity contribution in [3.8, 4) is 0 Å². The Bertz CT molecular complexity index is 314. The van der Waals surface area contributed by atoms with Crippen molar-refractivity contribution < 1.29 is 14.3 Å². The summed E-state index contributed by atoms with van der Waals surface area (Å²) in [5, 5.41) is 8.94. The van der Waals surface area contributed by atoms with Crippen molar-refractivity contribution in [2.45, 2.75) is 12.5 Å². The monoisotopic (exact) mass is 202 g/mol. The third kappa shape index (κ3) is 2.50. The molecule has 0 saturated heterocycles. The van der Waals surface area contributed by atoms with E-state index in [0.29, 0.717) is 6.29 Å².